The van der Waals surface area contributed by atoms with Crippen LogP contribution in [0, 0.1) is 18.3 Å². The number of nitrogens with one attached hydrogen (secondary N) is 2. The lowest BCUT2D eigenvalue weighted by molar-refractivity contribution is 0.0658. The van der Waals surface area contributed by atoms with Gasteiger partial charge in [-0.15, -0.1) is 10.2 Å². The molecule has 0 fully saturated rings. The average molecular weight is 366 g/mol. The van der Waals surface area contributed by atoms with Crippen LogP contribution in [0.5, 0.6) is 5.75 Å². The summed E-state index contributed by atoms with van der Waals surface area (Å²) in [5.41, 5.74) is 1.88. The predicted octanol–water partition coefficient (Wildman–Crippen LogP) is 2.35. The highest BCUT2D eigenvalue weighted by Gasteiger charge is 2.10. The summed E-state index contributed by atoms with van der Waals surface area (Å²) in [7, 11) is 0. The van der Waals surface area contributed by atoms with Crippen molar-refractivity contribution in [3.8, 4) is 11.8 Å². The Morgan fingerprint density at radius 1 is 1.44 bits per heavy atom. The van der Waals surface area contributed by atoms with Gasteiger partial charge in [0.2, 0.25) is 11.6 Å². The number of aromatic nitrogens is 4. The molecule has 0 amide bonds. The molecule has 0 aliphatic rings. The molecule has 3 rings (SSSR count). The molecule has 0 aliphatic carbocycles. The van der Waals surface area contributed by atoms with Crippen LogP contribution in [-0.2, 0) is 6.61 Å². The van der Waals surface area contributed by atoms with Gasteiger partial charge >= 0.3 is 5.97 Å². The number of ether oxygens (including phenoxy) is 1. The molecule has 3 N–H and O–H groups in total. The van der Waals surface area contributed by atoms with Crippen LogP contribution in [0.3, 0.4) is 0 Å². The zero-order chi connectivity index (χ0) is 19.2. The number of hydrogen-bond donors (Lipinski definition) is 3. The number of aromatic carboxylic acids is 1. The number of H-pyrrole nitrogens is 1. The second-order valence-electron chi connectivity index (χ2n) is 5.39. The predicted molar refractivity (Wildman–Crippen MR) is 92.6 cm³/mol. The van der Waals surface area contributed by atoms with Crippen LogP contribution in [0.15, 0.2) is 40.9 Å². The smallest absolute Gasteiger partial charge is 0.371 e. The fourth-order valence-corrected chi connectivity index (χ4v) is 2.19. The highest BCUT2D eigenvalue weighted by Crippen LogP contribution is 2.23. The third-order valence-corrected chi connectivity index (χ3v) is 3.53. The molecule has 136 valence electrons. The number of allylic oxidation sites excluding steroid dienone is 1. The third-order valence-electron chi connectivity index (χ3n) is 3.53. The normalized spacial score (nSPS) is 11.0. The van der Waals surface area contributed by atoms with Gasteiger partial charge in [-0.25, -0.2) is 4.79 Å². The SMILES string of the molecule is Cc1cc(OCc2ccc(C(=O)O)o2)ccc1NC=C(C#N)c1nn[nH]n1. The number of rotatable bonds is 7. The Kier molecular flexibility index (Phi) is 5.13. The van der Waals surface area contributed by atoms with E-state index in [9.17, 15) is 4.79 Å². The van der Waals surface area contributed by atoms with Crippen LogP contribution in [0.1, 0.15) is 27.7 Å². The second-order valence-corrected chi connectivity index (χ2v) is 5.39. The molecule has 10 heteroatoms. The summed E-state index contributed by atoms with van der Waals surface area (Å²) >= 11 is 0. The minimum Gasteiger partial charge on any atom is -0.486 e. The molecule has 0 spiro atoms. The Hall–Kier alpha value is -4.13. The molecular weight excluding hydrogens is 352 g/mol. The molecule has 0 radical (unpaired) electrons. The number of nitrogens with zero attached hydrogens (tertiary/aromatic N) is 4. The Labute approximate surface area is 153 Å². The molecule has 2 aromatic heterocycles. The van der Waals surface area contributed by atoms with Crippen molar-refractivity contribution in [1.29, 1.82) is 5.26 Å². The lowest BCUT2D eigenvalue weighted by Gasteiger charge is -2.09. The van der Waals surface area contributed by atoms with E-state index in [0.29, 0.717) is 11.5 Å². The van der Waals surface area contributed by atoms with Gasteiger partial charge in [-0.1, -0.05) is 0 Å². The van der Waals surface area contributed by atoms with Crippen LogP contribution in [-0.4, -0.2) is 31.7 Å². The molecule has 0 bridgehead atoms. The van der Waals surface area contributed by atoms with Crippen LogP contribution in [0.4, 0.5) is 5.69 Å². The number of carbonyl (C=O) groups is 1. The first-order valence-corrected chi connectivity index (χ1v) is 7.73. The number of hydrogen-bond acceptors (Lipinski definition) is 8. The highest BCUT2D eigenvalue weighted by molar-refractivity contribution is 5.84. The summed E-state index contributed by atoms with van der Waals surface area (Å²) in [6.07, 6.45) is 1.49. The highest BCUT2D eigenvalue weighted by atomic mass is 16.5. The Bertz CT molecular complexity index is 1020. The van der Waals surface area contributed by atoms with Gasteiger partial charge in [0.15, 0.2) is 0 Å². The van der Waals surface area contributed by atoms with Crippen molar-refractivity contribution >= 4 is 17.2 Å². The Morgan fingerprint density at radius 3 is 2.93 bits per heavy atom. The monoisotopic (exact) mass is 366 g/mol. The maximum atomic E-state index is 10.8. The molecular formula is C17H14N6O4. The molecule has 27 heavy (non-hydrogen) atoms. The van der Waals surface area contributed by atoms with Gasteiger partial charge in [0, 0.05) is 11.9 Å². The fraction of sp³-hybridized carbons (Fsp3) is 0.118. The Morgan fingerprint density at radius 2 is 2.30 bits per heavy atom. The molecule has 0 saturated heterocycles. The number of tetrazole rings is 1. The number of aromatic amines is 1. The largest absolute Gasteiger partial charge is 0.486 e. The number of furan rings is 1. The lowest BCUT2D eigenvalue weighted by atomic mass is 10.2. The number of carboxylic acid groups (broad SMARTS) is 1. The molecule has 0 unspecified atom stereocenters. The van der Waals surface area contributed by atoms with Crippen molar-refractivity contribution < 1.29 is 19.1 Å². The van der Waals surface area contributed by atoms with E-state index in [-0.39, 0.29) is 23.8 Å². The van der Waals surface area contributed by atoms with E-state index in [1.807, 2.05) is 13.0 Å². The summed E-state index contributed by atoms with van der Waals surface area (Å²) in [6, 6.07) is 10.3. The molecule has 0 atom stereocenters. The third kappa shape index (κ3) is 4.29. The molecule has 2 heterocycles. The van der Waals surface area contributed by atoms with Crippen LogP contribution < -0.4 is 10.1 Å². The minimum absolute atomic E-state index is 0.107. The molecule has 0 aliphatic heterocycles. The van der Waals surface area contributed by atoms with Crippen LogP contribution in [0.25, 0.3) is 5.57 Å². The molecule has 1 aromatic carbocycles. The van der Waals surface area contributed by atoms with Gasteiger partial charge in [-0.05, 0) is 48.0 Å². The summed E-state index contributed by atoms with van der Waals surface area (Å²) in [5, 5.41) is 34.2. The molecule has 10 nitrogen and oxygen atoms in total. The second kappa shape index (κ2) is 7.83. The van der Waals surface area contributed by atoms with Gasteiger partial charge in [0.05, 0.1) is 0 Å². The molecule has 3 aromatic rings. The number of nitriles is 1. The fourth-order valence-electron chi connectivity index (χ4n) is 2.19. The van der Waals surface area contributed by atoms with Crippen LogP contribution in [0.2, 0.25) is 0 Å². The van der Waals surface area contributed by atoms with Crippen molar-refractivity contribution in [2.45, 2.75) is 13.5 Å². The first-order chi connectivity index (χ1) is 13.1. The van der Waals surface area contributed by atoms with E-state index in [1.54, 1.807) is 24.3 Å². The topological polar surface area (TPSA) is 150 Å². The molecule has 0 saturated carbocycles. The summed E-state index contributed by atoms with van der Waals surface area (Å²) < 4.78 is 10.8. The zero-order valence-corrected chi connectivity index (χ0v) is 14.1. The summed E-state index contributed by atoms with van der Waals surface area (Å²) in [5.74, 6) is -0.0612. The van der Waals surface area contributed by atoms with Crippen molar-refractivity contribution in [2.75, 3.05) is 5.32 Å². The van der Waals surface area contributed by atoms with E-state index >= 15 is 0 Å². The number of carboxylic acids is 1. The van der Waals surface area contributed by atoms with Crippen LogP contribution >= 0.6 is 0 Å². The summed E-state index contributed by atoms with van der Waals surface area (Å²) in [4.78, 5) is 10.8. The standard InChI is InChI=1S/C17H14N6O4/c1-10-6-12(26-9-13-3-5-15(27-13)17(24)25)2-4-14(10)19-8-11(7-18)16-20-22-23-21-16/h2-6,8,19H,9H2,1H3,(H,24,25)(H,20,21,22,23). The quantitative estimate of drug-likeness (QED) is 0.535. The van der Waals surface area contributed by atoms with Gasteiger partial charge in [-0.2, -0.15) is 10.5 Å². The van der Waals surface area contributed by atoms with E-state index in [4.69, 9.17) is 19.5 Å². The van der Waals surface area contributed by atoms with Crippen molar-refractivity contribution in [2.24, 2.45) is 0 Å². The lowest BCUT2D eigenvalue weighted by Crippen LogP contribution is -1.98. The maximum absolute atomic E-state index is 10.8. The van der Waals surface area contributed by atoms with Crippen molar-refractivity contribution in [3.05, 3.63) is 59.4 Å². The first kappa shape index (κ1) is 17.7. The number of aryl methyl sites for hydroxylation is 1. The van der Waals surface area contributed by atoms with E-state index in [0.717, 1.165) is 11.3 Å². The van der Waals surface area contributed by atoms with Gasteiger partial charge < -0.3 is 19.6 Å². The first-order valence-electron chi connectivity index (χ1n) is 7.73. The average Bonchev–Trinajstić information content (AvgIpc) is 3.34. The van der Waals surface area contributed by atoms with Gasteiger partial charge in [0.1, 0.15) is 29.8 Å². The van der Waals surface area contributed by atoms with E-state index in [1.165, 1.54) is 12.3 Å². The van der Waals surface area contributed by atoms with Gasteiger partial charge in [0.25, 0.3) is 0 Å². The zero-order valence-electron chi connectivity index (χ0n) is 14.1. The maximum Gasteiger partial charge on any atom is 0.371 e. The van der Waals surface area contributed by atoms with Crippen molar-refractivity contribution in [1.82, 2.24) is 20.6 Å². The number of benzene rings is 1. The number of anilines is 1. The Balaban J connectivity index is 1.64. The summed E-state index contributed by atoms with van der Waals surface area (Å²) in [6.45, 7) is 1.98. The van der Waals surface area contributed by atoms with Crippen molar-refractivity contribution in [3.63, 3.8) is 0 Å². The van der Waals surface area contributed by atoms with Gasteiger partial charge in [-0.3, -0.25) is 0 Å². The van der Waals surface area contributed by atoms with E-state index < -0.39 is 5.97 Å². The minimum atomic E-state index is -1.13. The van der Waals surface area contributed by atoms with E-state index in [2.05, 4.69) is 25.9 Å².